The van der Waals surface area contributed by atoms with E-state index in [-0.39, 0.29) is 18.3 Å². The molecule has 0 aliphatic rings. The Morgan fingerprint density at radius 3 is 2.85 bits per heavy atom. The Morgan fingerprint density at radius 2 is 2.15 bits per heavy atom. The zero-order valence-electron chi connectivity index (χ0n) is 13.6. The van der Waals surface area contributed by atoms with Gasteiger partial charge in [0, 0.05) is 17.3 Å². The molecule has 0 saturated carbocycles. The van der Waals surface area contributed by atoms with Crippen LogP contribution in [0, 0.1) is 5.82 Å². The smallest absolute Gasteiger partial charge is 0.230 e. The summed E-state index contributed by atoms with van der Waals surface area (Å²) < 4.78 is 19.3. The first-order valence-corrected chi connectivity index (χ1v) is 9.57. The minimum absolute atomic E-state index is 0.171. The molecule has 3 rings (SSSR count). The third-order valence-corrected chi connectivity index (χ3v) is 5.11. The lowest BCUT2D eigenvalue weighted by atomic mass is 10.3. The van der Waals surface area contributed by atoms with E-state index in [0.29, 0.717) is 31.8 Å². The first-order chi connectivity index (χ1) is 12.4. The van der Waals surface area contributed by atoms with Crippen LogP contribution in [-0.4, -0.2) is 10.9 Å². The number of aromatic nitrogens is 1. The summed E-state index contributed by atoms with van der Waals surface area (Å²) in [6.07, 6.45) is 0. The standard InChI is InChI=1S/C18H13BrClFN2O2S/c1-11(24)23(15-4-2-3-12(20)7-15)18-22-14(10-26-18)9-25-17-6-5-13(21)8-16(17)19/h2-8,10H,9H2,1H3. The molecule has 26 heavy (non-hydrogen) atoms. The SMILES string of the molecule is CC(=O)N(c1cccc(Cl)c1)c1nc(COc2ccc(F)cc2Br)cs1. The van der Waals surface area contributed by atoms with Crippen molar-refractivity contribution in [1.82, 2.24) is 4.98 Å². The Bertz CT molecular complexity index is 950. The maximum atomic E-state index is 13.1. The molecule has 0 spiro atoms. The summed E-state index contributed by atoms with van der Waals surface area (Å²) >= 11 is 10.6. The van der Waals surface area contributed by atoms with Crippen LogP contribution in [0.4, 0.5) is 15.2 Å². The summed E-state index contributed by atoms with van der Waals surface area (Å²) in [6.45, 7) is 1.66. The van der Waals surface area contributed by atoms with E-state index in [0.717, 1.165) is 0 Å². The Hall–Kier alpha value is -1.96. The van der Waals surface area contributed by atoms with E-state index in [2.05, 4.69) is 20.9 Å². The van der Waals surface area contributed by atoms with Gasteiger partial charge in [0.05, 0.1) is 15.9 Å². The fourth-order valence-corrected chi connectivity index (χ4v) is 3.77. The molecule has 0 bridgehead atoms. The summed E-state index contributed by atoms with van der Waals surface area (Å²) in [5.41, 5.74) is 1.31. The van der Waals surface area contributed by atoms with E-state index < -0.39 is 0 Å². The van der Waals surface area contributed by atoms with Crippen LogP contribution in [0.15, 0.2) is 52.3 Å². The third-order valence-electron chi connectivity index (χ3n) is 3.38. The van der Waals surface area contributed by atoms with Gasteiger partial charge in [0.1, 0.15) is 18.2 Å². The molecule has 1 heterocycles. The van der Waals surface area contributed by atoms with E-state index in [1.54, 1.807) is 30.3 Å². The van der Waals surface area contributed by atoms with Crippen molar-refractivity contribution in [3.63, 3.8) is 0 Å². The number of rotatable bonds is 5. The Balaban J connectivity index is 1.78. The molecule has 0 saturated heterocycles. The predicted octanol–water partition coefficient (Wildman–Crippen LogP) is 5.96. The molecule has 0 radical (unpaired) electrons. The van der Waals surface area contributed by atoms with Gasteiger partial charge in [0.2, 0.25) is 5.91 Å². The number of halogens is 3. The highest BCUT2D eigenvalue weighted by Crippen LogP contribution is 2.31. The van der Waals surface area contributed by atoms with Crippen LogP contribution in [0.2, 0.25) is 5.02 Å². The van der Waals surface area contributed by atoms with Crippen LogP contribution in [0.5, 0.6) is 5.75 Å². The van der Waals surface area contributed by atoms with Crippen molar-refractivity contribution < 1.29 is 13.9 Å². The molecule has 0 atom stereocenters. The van der Waals surface area contributed by atoms with Gasteiger partial charge in [-0.15, -0.1) is 11.3 Å². The van der Waals surface area contributed by atoms with Crippen molar-refractivity contribution in [2.45, 2.75) is 13.5 Å². The van der Waals surface area contributed by atoms with Gasteiger partial charge in [0.25, 0.3) is 0 Å². The molecule has 0 N–H and O–H groups in total. The van der Waals surface area contributed by atoms with E-state index in [1.807, 2.05) is 5.38 Å². The average Bonchev–Trinajstić information content (AvgIpc) is 3.02. The highest BCUT2D eigenvalue weighted by Gasteiger charge is 2.18. The first-order valence-electron chi connectivity index (χ1n) is 7.52. The van der Waals surface area contributed by atoms with Gasteiger partial charge < -0.3 is 4.74 Å². The van der Waals surface area contributed by atoms with Crippen molar-refractivity contribution in [3.05, 3.63) is 68.9 Å². The number of hydrogen-bond acceptors (Lipinski definition) is 4. The van der Waals surface area contributed by atoms with Crippen LogP contribution in [0.3, 0.4) is 0 Å². The lowest BCUT2D eigenvalue weighted by molar-refractivity contribution is -0.115. The second kappa shape index (κ2) is 8.16. The Kier molecular flexibility index (Phi) is 5.90. The number of ether oxygens (including phenoxy) is 1. The largest absolute Gasteiger partial charge is 0.486 e. The van der Waals surface area contributed by atoms with Gasteiger partial charge in [-0.25, -0.2) is 9.37 Å². The van der Waals surface area contributed by atoms with E-state index >= 15 is 0 Å². The van der Waals surface area contributed by atoms with E-state index in [1.165, 1.54) is 35.3 Å². The number of benzene rings is 2. The van der Waals surface area contributed by atoms with E-state index in [4.69, 9.17) is 16.3 Å². The van der Waals surface area contributed by atoms with Crippen LogP contribution in [-0.2, 0) is 11.4 Å². The molecule has 0 unspecified atom stereocenters. The topological polar surface area (TPSA) is 42.4 Å². The number of carbonyl (C=O) groups excluding carboxylic acids is 1. The van der Waals surface area contributed by atoms with Crippen LogP contribution in [0.1, 0.15) is 12.6 Å². The lowest BCUT2D eigenvalue weighted by Gasteiger charge is -2.18. The number of anilines is 2. The molecule has 3 aromatic rings. The molecule has 4 nitrogen and oxygen atoms in total. The Labute approximate surface area is 167 Å². The molecule has 0 fully saturated rings. The monoisotopic (exact) mass is 454 g/mol. The summed E-state index contributed by atoms with van der Waals surface area (Å²) in [7, 11) is 0. The van der Waals surface area contributed by atoms with Gasteiger partial charge in [-0.3, -0.25) is 9.69 Å². The maximum Gasteiger partial charge on any atom is 0.230 e. The molecule has 0 aliphatic heterocycles. The maximum absolute atomic E-state index is 13.1. The van der Waals surface area contributed by atoms with Crippen LogP contribution >= 0.6 is 38.9 Å². The fraction of sp³-hybridized carbons (Fsp3) is 0.111. The average molecular weight is 456 g/mol. The number of carbonyl (C=O) groups is 1. The lowest BCUT2D eigenvalue weighted by Crippen LogP contribution is -2.22. The van der Waals surface area contributed by atoms with Crippen LogP contribution < -0.4 is 9.64 Å². The minimum Gasteiger partial charge on any atom is -0.486 e. The normalized spacial score (nSPS) is 10.6. The minimum atomic E-state index is -0.348. The molecule has 1 amide bonds. The van der Waals surface area contributed by atoms with Crippen molar-refractivity contribution in [2.24, 2.45) is 0 Å². The number of amides is 1. The Morgan fingerprint density at radius 1 is 1.35 bits per heavy atom. The molecule has 1 aromatic heterocycles. The zero-order chi connectivity index (χ0) is 18.7. The number of nitrogens with zero attached hydrogens (tertiary/aromatic N) is 2. The molecular weight excluding hydrogens is 443 g/mol. The second-order valence-corrected chi connectivity index (χ2v) is 7.45. The summed E-state index contributed by atoms with van der Waals surface area (Å²) in [6, 6.07) is 11.2. The summed E-state index contributed by atoms with van der Waals surface area (Å²) in [5.74, 6) is -0.00614. The number of thiazole rings is 1. The first kappa shape index (κ1) is 18.8. The van der Waals surface area contributed by atoms with Gasteiger partial charge in [-0.1, -0.05) is 17.7 Å². The second-order valence-electron chi connectivity index (χ2n) is 5.32. The highest BCUT2D eigenvalue weighted by atomic mass is 79.9. The van der Waals surface area contributed by atoms with Gasteiger partial charge in [-0.05, 0) is 52.3 Å². The summed E-state index contributed by atoms with van der Waals surface area (Å²) in [5, 5.41) is 2.87. The van der Waals surface area contributed by atoms with E-state index in [9.17, 15) is 9.18 Å². The van der Waals surface area contributed by atoms with Crippen molar-refractivity contribution in [3.8, 4) is 5.75 Å². The van der Waals surface area contributed by atoms with Gasteiger partial charge in [0.15, 0.2) is 5.13 Å². The predicted molar refractivity (Wildman–Crippen MR) is 105 cm³/mol. The summed E-state index contributed by atoms with van der Waals surface area (Å²) in [4.78, 5) is 18.1. The molecule has 8 heteroatoms. The third kappa shape index (κ3) is 4.41. The zero-order valence-corrected chi connectivity index (χ0v) is 16.7. The fourth-order valence-electron chi connectivity index (χ4n) is 2.25. The molecule has 134 valence electrons. The highest BCUT2D eigenvalue weighted by molar-refractivity contribution is 9.10. The van der Waals surface area contributed by atoms with Crippen molar-refractivity contribution in [2.75, 3.05) is 4.90 Å². The van der Waals surface area contributed by atoms with Crippen LogP contribution in [0.25, 0.3) is 0 Å². The number of hydrogen-bond donors (Lipinski definition) is 0. The van der Waals surface area contributed by atoms with Gasteiger partial charge in [-0.2, -0.15) is 0 Å². The van der Waals surface area contributed by atoms with Crippen molar-refractivity contribution in [1.29, 1.82) is 0 Å². The quantitative estimate of drug-likeness (QED) is 0.476. The molecule has 0 aliphatic carbocycles. The van der Waals surface area contributed by atoms with Crippen molar-refractivity contribution >= 4 is 55.6 Å². The molecular formula is C18H13BrClFN2O2S. The molecule has 2 aromatic carbocycles. The van der Waals surface area contributed by atoms with Gasteiger partial charge >= 0.3 is 0 Å².